The first-order valence-electron chi connectivity index (χ1n) is 6.66. The molecule has 0 saturated heterocycles. The van der Waals surface area contributed by atoms with Crippen LogP contribution in [0.5, 0.6) is 0 Å². The fourth-order valence-corrected chi connectivity index (χ4v) is 1.30. The van der Waals surface area contributed by atoms with Crippen LogP contribution in [-0.2, 0) is 23.3 Å². The van der Waals surface area contributed by atoms with Crippen LogP contribution in [0.1, 0.15) is 53.9 Å². The summed E-state index contributed by atoms with van der Waals surface area (Å²) < 4.78 is 0. The van der Waals surface area contributed by atoms with Gasteiger partial charge in [-0.3, -0.25) is 12.2 Å². The van der Waals surface area contributed by atoms with Crippen LogP contribution >= 0.6 is 24.8 Å². The van der Waals surface area contributed by atoms with Gasteiger partial charge in [-0.2, -0.15) is 18.6 Å². The summed E-state index contributed by atoms with van der Waals surface area (Å²) in [5, 5.41) is 0. The van der Waals surface area contributed by atoms with Gasteiger partial charge >= 0.3 is 30.2 Å². The van der Waals surface area contributed by atoms with E-state index in [0.29, 0.717) is 0 Å². The molecule has 0 nitrogen and oxygen atoms in total. The summed E-state index contributed by atoms with van der Waals surface area (Å²) in [5.74, 6) is 0. The second kappa shape index (κ2) is 23.9. The monoisotopic (exact) mass is 436 g/mol. The molecule has 0 aromatic carbocycles. The Kier molecular flexibility index (Phi) is 37.0. The van der Waals surface area contributed by atoms with Gasteiger partial charge in [-0.05, 0) is 0 Å². The van der Waals surface area contributed by atoms with Gasteiger partial charge < -0.3 is 14.4 Å². The van der Waals surface area contributed by atoms with Crippen molar-refractivity contribution in [2.75, 3.05) is 0 Å². The molecule has 0 aliphatic heterocycles. The normalized spacial score (nSPS) is 13.1. The summed E-state index contributed by atoms with van der Waals surface area (Å²) in [5.41, 5.74) is 5.42. The molecule has 0 aromatic heterocycles. The van der Waals surface area contributed by atoms with Crippen molar-refractivity contribution in [1.82, 2.24) is 0 Å². The van der Waals surface area contributed by atoms with Gasteiger partial charge in [0.1, 0.15) is 0 Å². The standard InChI is InChI=1S/2C7H9.C3H7.CH3.2ClH.H2Si.Zr/c2*1-6-4-3-5-7(6)2;1-3-2;;;;;/h2*4H,3H2,1-2H3;1,3H2,2H3;1H3;2*1H;1H2;/q4*-1;;;;. The number of hydrogen-bond donors (Lipinski definition) is 0. The van der Waals surface area contributed by atoms with Gasteiger partial charge in [0.25, 0.3) is 0 Å². The predicted molar refractivity (Wildman–Crippen MR) is 107 cm³/mol. The van der Waals surface area contributed by atoms with Crippen molar-refractivity contribution >= 4 is 31.7 Å². The molecule has 0 spiro atoms. The average Bonchev–Trinajstić information content (AvgIpc) is 2.94. The van der Waals surface area contributed by atoms with Crippen molar-refractivity contribution in [3.63, 3.8) is 0 Å². The molecule has 2 rings (SSSR count). The minimum atomic E-state index is 0. The fourth-order valence-electron chi connectivity index (χ4n) is 1.30. The molecule has 0 aromatic rings. The van der Waals surface area contributed by atoms with Crippen molar-refractivity contribution < 1.29 is 23.3 Å². The molecule has 0 amide bonds. The van der Waals surface area contributed by atoms with Crippen molar-refractivity contribution in [2.24, 2.45) is 0 Å². The van der Waals surface area contributed by atoms with E-state index in [0.717, 1.165) is 19.3 Å². The molecule has 4 heteroatoms. The number of hydrogen-bond acceptors (Lipinski definition) is 0. The summed E-state index contributed by atoms with van der Waals surface area (Å²) in [7, 11) is 0. The van der Waals surface area contributed by atoms with Crippen LogP contribution in [0.15, 0.2) is 34.4 Å². The van der Waals surface area contributed by atoms with Crippen LogP contribution < -0.4 is 0 Å². The van der Waals surface area contributed by atoms with Crippen molar-refractivity contribution in [2.45, 2.75) is 53.9 Å². The maximum absolute atomic E-state index is 3.49. The van der Waals surface area contributed by atoms with Crippen LogP contribution in [-0.4, -0.2) is 6.88 Å². The van der Waals surface area contributed by atoms with Gasteiger partial charge in [-0.1, -0.05) is 20.8 Å². The van der Waals surface area contributed by atoms with E-state index in [2.05, 4.69) is 58.9 Å². The molecule has 0 fully saturated rings. The van der Waals surface area contributed by atoms with E-state index in [-0.39, 0.29) is 32.2 Å². The average molecular weight is 439 g/mol. The Morgan fingerprint density at radius 3 is 1.23 bits per heavy atom. The zero-order valence-electron chi connectivity index (χ0n) is 15.0. The van der Waals surface area contributed by atoms with Crippen LogP contribution in [0.3, 0.4) is 0 Å². The summed E-state index contributed by atoms with van der Waals surface area (Å²) in [4.78, 5) is 0. The van der Waals surface area contributed by atoms with Gasteiger partial charge in [-0.15, -0.1) is 51.5 Å². The van der Waals surface area contributed by atoms with Crippen LogP contribution in [0.2, 0.25) is 0 Å². The molecule has 2 aliphatic rings. The summed E-state index contributed by atoms with van der Waals surface area (Å²) in [6.07, 6.45) is 13.8. The first-order chi connectivity index (χ1) is 9.02. The van der Waals surface area contributed by atoms with Crippen molar-refractivity contribution in [3.8, 4) is 0 Å². The first kappa shape index (κ1) is 34.1. The molecular formula is C18H32Cl2SiZr-4. The Balaban J connectivity index is -0.0000000617. The van der Waals surface area contributed by atoms with E-state index in [4.69, 9.17) is 0 Å². The zero-order chi connectivity index (χ0) is 15.3. The second-order valence-electron chi connectivity index (χ2n) is 4.29. The Bertz CT molecular complexity index is 303. The van der Waals surface area contributed by atoms with Crippen LogP contribution in [0, 0.1) is 26.5 Å². The second-order valence-corrected chi connectivity index (χ2v) is 4.29. The topological polar surface area (TPSA) is 0 Å². The molecule has 0 N–H and O–H groups in total. The summed E-state index contributed by atoms with van der Waals surface area (Å²) >= 11 is 1.58. The number of allylic oxidation sites excluding steroid dienone is 8. The van der Waals surface area contributed by atoms with Gasteiger partial charge in [-0.25, -0.2) is 22.3 Å². The van der Waals surface area contributed by atoms with Crippen LogP contribution in [0.4, 0.5) is 0 Å². The molecule has 0 unspecified atom stereocenters. The molecule has 22 heavy (non-hydrogen) atoms. The molecule has 0 heterocycles. The molecule has 0 radical (unpaired) electrons. The molecule has 130 valence electrons. The van der Waals surface area contributed by atoms with Gasteiger partial charge in [0.2, 0.25) is 0 Å². The first-order valence-corrected chi connectivity index (χ1v) is 12.6. The molecular weight excluding hydrogens is 406 g/mol. The van der Waals surface area contributed by atoms with Gasteiger partial charge in [0.15, 0.2) is 0 Å². The zero-order valence-corrected chi connectivity index (χ0v) is 20.5. The third-order valence-electron chi connectivity index (χ3n) is 2.73. The minimum absolute atomic E-state index is 0. The number of halogens is 2. The Morgan fingerprint density at radius 1 is 0.955 bits per heavy atom. The Hall–Kier alpha value is 0.640. The third kappa shape index (κ3) is 18.7. The SMILES string of the molecule is CC1=[C-]CC=C1C.CC1=[C-]CC=C1C.Cl.Cl.[CH2-]CC.[CH3-].[SiH2]=[Zr]. The van der Waals surface area contributed by atoms with Gasteiger partial charge in [0, 0.05) is 0 Å². The quantitative estimate of drug-likeness (QED) is 0.332. The third-order valence-corrected chi connectivity index (χ3v) is 2.73. The van der Waals surface area contributed by atoms with E-state index >= 15 is 0 Å². The molecule has 0 bridgehead atoms. The molecule has 0 atom stereocenters. The number of rotatable bonds is 0. The molecule has 2 aliphatic carbocycles. The Morgan fingerprint density at radius 2 is 1.18 bits per heavy atom. The van der Waals surface area contributed by atoms with Crippen molar-refractivity contribution in [3.05, 3.63) is 60.9 Å². The van der Waals surface area contributed by atoms with E-state index < -0.39 is 0 Å². The van der Waals surface area contributed by atoms with E-state index in [1.54, 1.807) is 23.3 Å². The summed E-state index contributed by atoms with van der Waals surface area (Å²) in [6.45, 7) is 15.9. The van der Waals surface area contributed by atoms with E-state index in [1.165, 1.54) is 22.3 Å². The van der Waals surface area contributed by atoms with Crippen LogP contribution in [0.25, 0.3) is 0 Å². The summed E-state index contributed by atoms with van der Waals surface area (Å²) in [6, 6.07) is 0. The predicted octanol–water partition coefficient (Wildman–Crippen LogP) is 5.78. The van der Waals surface area contributed by atoms with Gasteiger partial charge in [0.05, 0.1) is 0 Å². The van der Waals surface area contributed by atoms with E-state index in [1.807, 2.05) is 13.8 Å². The fraction of sp³-hybridized carbons (Fsp3) is 0.444. The van der Waals surface area contributed by atoms with Crippen molar-refractivity contribution in [1.29, 1.82) is 0 Å². The molecule has 0 saturated carbocycles. The maximum atomic E-state index is 3.49. The Labute approximate surface area is 169 Å². The van der Waals surface area contributed by atoms with E-state index in [9.17, 15) is 0 Å².